The molecule has 0 saturated carbocycles. The Morgan fingerprint density at radius 2 is 2.14 bits per heavy atom. The van der Waals surface area contributed by atoms with Crippen molar-refractivity contribution in [3.05, 3.63) is 35.4 Å². The number of carboxylic acid groups (broad SMARTS) is 1. The summed E-state index contributed by atoms with van der Waals surface area (Å²) < 4.78 is 12.5. The molecule has 0 aromatic heterocycles. The number of rotatable bonds is 4. The highest BCUT2D eigenvalue weighted by atomic mass is 19.1. The van der Waals surface area contributed by atoms with Crippen LogP contribution >= 0.6 is 0 Å². The fourth-order valence-corrected chi connectivity index (χ4v) is 1.51. The summed E-state index contributed by atoms with van der Waals surface area (Å²) in [7, 11) is 0. The van der Waals surface area contributed by atoms with E-state index in [4.69, 9.17) is 5.11 Å². The average Bonchev–Trinajstić information content (AvgIpc) is 2.16. The van der Waals surface area contributed by atoms with Crippen LogP contribution in [0, 0.1) is 0 Å². The smallest absolute Gasteiger partial charge is 0.303 e. The van der Waals surface area contributed by atoms with Gasteiger partial charge < -0.3 is 5.11 Å². The van der Waals surface area contributed by atoms with Gasteiger partial charge in [0.25, 0.3) is 0 Å². The first-order valence-electron chi connectivity index (χ1n) is 4.50. The molecule has 2 nitrogen and oxygen atoms in total. The number of hydrogen-bond donors (Lipinski definition) is 1. The minimum Gasteiger partial charge on any atom is -0.481 e. The average molecular weight is 196 g/mol. The van der Waals surface area contributed by atoms with Gasteiger partial charge in [-0.3, -0.25) is 4.79 Å². The van der Waals surface area contributed by atoms with Gasteiger partial charge in [-0.1, -0.05) is 31.2 Å². The van der Waals surface area contributed by atoms with Gasteiger partial charge in [0.15, 0.2) is 0 Å². The molecule has 1 rings (SSSR count). The van der Waals surface area contributed by atoms with Crippen molar-refractivity contribution in [2.75, 3.05) is 0 Å². The molecule has 0 aliphatic heterocycles. The van der Waals surface area contributed by atoms with Crippen molar-refractivity contribution in [3.63, 3.8) is 0 Å². The Morgan fingerprint density at radius 3 is 2.71 bits per heavy atom. The van der Waals surface area contributed by atoms with E-state index in [1.54, 1.807) is 31.2 Å². The van der Waals surface area contributed by atoms with Crippen molar-refractivity contribution >= 4 is 5.97 Å². The molecule has 0 radical (unpaired) electrons. The van der Waals surface area contributed by atoms with Gasteiger partial charge in [0.1, 0.15) is 6.67 Å². The molecule has 0 heterocycles. The monoisotopic (exact) mass is 196 g/mol. The Bertz CT molecular complexity index is 323. The molecule has 0 spiro atoms. The molecule has 0 fully saturated rings. The number of carbonyl (C=O) groups is 1. The van der Waals surface area contributed by atoms with Crippen molar-refractivity contribution in [1.29, 1.82) is 0 Å². The van der Waals surface area contributed by atoms with E-state index >= 15 is 0 Å². The maximum Gasteiger partial charge on any atom is 0.303 e. The van der Waals surface area contributed by atoms with Crippen molar-refractivity contribution in [1.82, 2.24) is 0 Å². The summed E-state index contributed by atoms with van der Waals surface area (Å²) in [6, 6.07) is 7.02. The predicted molar refractivity (Wildman–Crippen MR) is 51.9 cm³/mol. The Hall–Kier alpha value is -1.38. The lowest BCUT2D eigenvalue weighted by Crippen LogP contribution is -2.04. The summed E-state index contributed by atoms with van der Waals surface area (Å²) in [5.41, 5.74) is 1.37. The standard InChI is InChI=1S/C11H13FO2/c1-8(6-11(13)14)10-5-3-2-4-9(10)7-12/h2-5,8H,6-7H2,1H3,(H,13,14). The van der Waals surface area contributed by atoms with Crippen LogP contribution in [0.4, 0.5) is 4.39 Å². The topological polar surface area (TPSA) is 37.3 Å². The molecule has 3 heteroatoms. The Balaban J connectivity index is 2.87. The highest BCUT2D eigenvalue weighted by Gasteiger charge is 2.13. The van der Waals surface area contributed by atoms with Crippen LogP contribution in [-0.4, -0.2) is 11.1 Å². The first-order chi connectivity index (χ1) is 6.65. The van der Waals surface area contributed by atoms with E-state index < -0.39 is 12.6 Å². The summed E-state index contributed by atoms with van der Waals surface area (Å²) in [4.78, 5) is 10.5. The first-order valence-corrected chi connectivity index (χ1v) is 4.50. The molecule has 1 aromatic carbocycles. The van der Waals surface area contributed by atoms with E-state index in [0.29, 0.717) is 5.56 Å². The highest BCUT2D eigenvalue weighted by Crippen LogP contribution is 2.23. The first kappa shape index (κ1) is 10.7. The highest BCUT2D eigenvalue weighted by molar-refractivity contribution is 5.68. The van der Waals surface area contributed by atoms with Crippen molar-refractivity contribution in [2.45, 2.75) is 25.9 Å². The molecule has 0 aliphatic rings. The molecule has 0 bridgehead atoms. The van der Waals surface area contributed by atoms with Gasteiger partial charge >= 0.3 is 5.97 Å². The van der Waals surface area contributed by atoms with Crippen molar-refractivity contribution in [3.8, 4) is 0 Å². The lowest BCUT2D eigenvalue weighted by atomic mass is 9.94. The van der Waals surface area contributed by atoms with Crippen LogP contribution in [0.5, 0.6) is 0 Å². The molecular formula is C11H13FO2. The fourth-order valence-electron chi connectivity index (χ4n) is 1.51. The zero-order valence-electron chi connectivity index (χ0n) is 8.03. The van der Waals surface area contributed by atoms with Gasteiger partial charge in [-0.25, -0.2) is 4.39 Å². The van der Waals surface area contributed by atoms with E-state index in [1.165, 1.54) is 0 Å². The zero-order valence-corrected chi connectivity index (χ0v) is 8.03. The lowest BCUT2D eigenvalue weighted by molar-refractivity contribution is -0.137. The number of alkyl halides is 1. The van der Waals surface area contributed by atoms with Gasteiger partial charge in [-0.2, -0.15) is 0 Å². The minimum absolute atomic E-state index is 0.0387. The van der Waals surface area contributed by atoms with Crippen LogP contribution in [0.15, 0.2) is 24.3 Å². The quantitative estimate of drug-likeness (QED) is 0.803. The predicted octanol–water partition coefficient (Wildman–Crippen LogP) is 2.73. The minimum atomic E-state index is -0.855. The maximum atomic E-state index is 12.5. The van der Waals surface area contributed by atoms with Crippen LogP contribution < -0.4 is 0 Å². The van der Waals surface area contributed by atoms with E-state index in [9.17, 15) is 9.18 Å². The number of halogens is 1. The van der Waals surface area contributed by atoms with Crippen molar-refractivity contribution < 1.29 is 14.3 Å². The van der Waals surface area contributed by atoms with Crippen LogP contribution in [-0.2, 0) is 11.5 Å². The summed E-state index contributed by atoms with van der Waals surface area (Å²) in [6.07, 6.45) is 0.0387. The third kappa shape index (κ3) is 2.55. The molecule has 14 heavy (non-hydrogen) atoms. The summed E-state index contributed by atoms with van der Waals surface area (Å²) in [5, 5.41) is 8.62. The van der Waals surface area contributed by atoms with Gasteiger partial charge in [-0.15, -0.1) is 0 Å². The molecule has 76 valence electrons. The third-order valence-corrected chi connectivity index (χ3v) is 2.21. The largest absolute Gasteiger partial charge is 0.481 e. The fraction of sp³-hybridized carbons (Fsp3) is 0.364. The summed E-state index contributed by atoms with van der Waals surface area (Å²) in [6.45, 7) is 1.25. The van der Waals surface area contributed by atoms with Crippen molar-refractivity contribution in [2.24, 2.45) is 0 Å². The van der Waals surface area contributed by atoms with Gasteiger partial charge in [0, 0.05) is 0 Å². The number of aliphatic carboxylic acids is 1. The summed E-state index contributed by atoms with van der Waals surface area (Å²) in [5.74, 6) is -0.995. The van der Waals surface area contributed by atoms with E-state index in [0.717, 1.165) is 5.56 Å². The number of hydrogen-bond acceptors (Lipinski definition) is 1. The molecule has 0 saturated heterocycles. The summed E-state index contributed by atoms with van der Waals surface area (Å²) >= 11 is 0. The molecule has 0 aliphatic carbocycles. The molecular weight excluding hydrogens is 183 g/mol. The third-order valence-electron chi connectivity index (χ3n) is 2.21. The van der Waals surface area contributed by atoms with Gasteiger partial charge in [0.2, 0.25) is 0 Å². The van der Waals surface area contributed by atoms with Gasteiger partial charge in [-0.05, 0) is 17.0 Å². The molecule has 1 unspecified atom stereocenters. The molecule has 1 atom stereocenters. The van der Waals surface area contributed by atoms with E-state index in [1.807, 2.05) is 0 Å². The Labute approximate surface area is 82.4 Å². The number of carboxylic acids is 1. The van der Waals surface area contributed by atoms with Crippen LogP contribution in [0.2, 0.25) is 0 Å². The SMILES string of the molecule is CC(CC(=O)O)c1ccccc1CF. The van der Waals surface area contributed by atoms with E-state index in [2.05, 4.69) is 0 Å². The van der Waals surface area contributed by atoms with Gasteiger partial charge in [0.05, 0.1) is 6.42 Å². The Kier molecular flexibility index (Phi) is 3.63. The second kappa shape index (κ2) is 4.74. The second-order valence-electron chi connectivity index (χ2n) is 3.33. The zero-order chi connectivity index (χ0) is 10.6. The van der Waals surface area contributed by atoms with Crippen LogP contribution in [0.25, 0.3) is 0 Å². The van der Waals surface area contributed by atoms with Crippen LogP contribution in [0.3, 0.4) is 0 Å². The van der Waals surface area contributed by atoms with E-state index in [-0.39, 0.29) is 12.3 Å². The van der Waals surface area contributed by atoms with Crippen LogP contribution in [0.1, 0.15) is 30.4 Å². The normalized spacial score (nSPS) is 12.4. The second-order valence-corrected chi connectivity index (χ2v) is 3.33. The molecule has 1 aromatic rings. The number of benzene rings is 1. The Morgan fingerprint density at radius 1 is 1.50 bits per heavy atom. The lowest BCUT2D eigenvalue weighted by Gasteiger charge is -2.12. The molecule has 0 amide bonds. The molecule has 1 N–H and O–H groups in total. The maximum absolute atomic E-state index is 12.5.